The lowest BCUT2D eigenvalue weighted by Crippen LogP contribution is -2.28. The van der Waals surface area contributed by atoms with Gasteiger partial charge in [0.25, 0.3) is 5.91 Å². The minimum Gasteiger partial charge on any atom is -0.378 e. The predicted octanol–water partition coefficient (Wildman–Crippen LogP) is 4.38. The second-order valence-electron chi connectivity index (χ2n) is 7.35. The number of carbonyl (C=O) groups is 1. The molecule has 7 nitrogen and oxygen atoms in total. The Kier molecular flexibility index (Phi) is 8.50. The number of amides is 1. The second kappa shape index (κ2) is 11.5. The highest BCUT2D eigenvalue weighted by Crippen LogP contribution is 2.23. The van der Waals surface area contributed by atoms with Crippen LogP contribution in [0.4, 0.5) is 5.69 Å². The largest absolute Gasteiger partial charge is 0.378 e. The van der Waals surface area contributed by atoms with E-state index in [1.54, 1.807) is 0 Å². The number of anilines is 1. The van der Waals surface area contributed by atoms with Crippen molar-refractivity contribution in [2.75, 3.05) is 5.32 Å². The Balaban J connectivity index is 1.60. The van der Waals surface area contributed by atoms with Crippen molar-refractivity contribution >= 4 is 29.1 Å². The van der Waals surface area contributed by atoms with E-state index in [2.05, 4.69) is 32.6 Å². The number of aromatic nitrogens is 3. The fourth-order valence-electron chi connectivity index (χ4n) is 3.27. The molecule has 1 heterocycles. The molecule has 160 valence electrons. The van der Waals surface area contributed by atoms with Crippen LogP contribution in [-0.4, -0.2) is 31.6 Å². The van der Waals surface area contributed by atoms with Crippen LogP contribution in [0.3, 0.4) is 0 Å². The van der Waals surface area contributed by atoms with Gasteiger partial charge in [-0.25, -0.2) is 5.43 Å². The molecule has 1 aliphatic carbocycles. The molecule has 2 aromatic rings. The Morgan fingerprint density at radius 1 is 1.23 bits per heavy atom. The highest BCUT2D eigenvalue weighted by atomic mass is 32.2. The van der Waals surface area contributed by atoms with Crippen LogP contribution < -0.4 is 10.7 Å². The second-order valence-corrected chi connectivity index (χ2v) is 8.65. The van der Waals surface area contributed by atoms with Crippen molar-refractivity contribution in [3.05, 3.63) is 48.8 Å². The smallest absolute Gasteiger partial charge is 0.253 e. The third kappa shape index (κ3) is 6.45. The summed E-state index contributed by atoms with van der Waals surface area (Å²) in [6, 6.07) is 9.96. The molecule has 0 spiro atoms. The molecular weight excluding hydrogens is 396 g/mol. The number of hydrogen-bond donors (Lipinski definition) is 2. The van der Waals surface area contributed by atoms with E-state index in [1.165, 1.54) is 24.6 Å². The van der Waals surface area contributed by atoms with Gasteiger partial charge in [-0.1, -0.05) is 48.9 Å². The number of carbonyl (C=O) groups excluding carboxylic acids is 1. The molecule has 1 amide bonds. The molecule has 1 fully saturated rings. The Bertz CT molecular complexity index is 854. The van der Waals surface area contributed by atoms with Gasteiger partial charge >= 0.3 is 0 Å². The SMILES string of the molecule is C=CCn1c(CNc2ccccc2)nnc1SC(C)C(=O)NN=C1CCCCCC1. The monoisotopic (exact) mass is 426 g/mol. The number of allylic oxidation sites excluding steroid dienone is 1. The maximum Gasteiger partial charge on any atom is 0.253 e. The number of thioether (sulfide) groups is 1. The first-order valence-corrected chi connectivity index (χ1v) is 11.4. The summed E-state index contributed by atoms with van der Waals surface area (Å²) in [7, 11) is 0. The standard InChI is InChI=1S/C22H30N6OS/c1-3-15-28-20(16-23-18-11-9-6-10-12-18)25-27-22(28)30-17(2)21(29)26-24-19-13-7-4-5-8-14-19/h3,6,9-12,17,23H,1,4-5,7-8,13-16H2,2H3,(H,26,29). The zero-order valence-corrected chi connectivity index (χ0v) is 18.3. The van der Waals surface area contributed by atoms with E-state index in [1.807, 2.05) is 47.9 Å². The molecule has 0 aliphatic heterocycles. The number of nitrogens with zero attached hydrogens (tertiary/aromatic N) is 4. The number of hydrogen-bond acceptors (Lipinski definition) is 6. The first kappa shape index (κ1) is 22.1. The van der Waals surface area contributed by atoms with Crippen molar-refractivity contribution < 1.29 is 4.79 Å². The summed E-state index contributed by atoms with van der Waals surface area (Å²) in [4.78, 5) is 12.5. The van der Waals surface area contributed by atoms with E-state index in [-0.39, 0.29) is 11.2 Å². The highest BCUT2D eigenvalue weighted by molar-refractivity contribution is 8.00. The van der Waals surface area contributed by atoms with Crippen LogP contribution >= 0.6 is 11.8 Å². The van der Waals surface area contributed by atoms with Crippen molar-refractivity contribution in [1.82, 2.24) is 20.2 Å². The van der Waals surface area contributed by atoms with Gasteiger partial charge in [0.2, 0.25) is 0 Å². The molecule has 1 saturated carbocycles. The molecule has 0 saturated heterocycles. The van der Waals surface area contributed by atoms with Gasteiger partial charge < -0.3 is 9.88 Å². The summed E-state index contributed by atoms with van der Waals surface area (Å²) in [5.74, 6) is 0.682. The minimum absolute atomic E-state index is 0.117. The van der Waals surface area contributed by atoms with Crippen LogP contribution in [0.2, 0.25) is 0 Å². The third-order valence-electron chi connectivity index (χ3n) is 4.99. The lowest BCUT2D eigenvalue weighted by molar-refractivity contribution is -0.120. The summed E-state index contributed by atoms with van der Waals surface area (Å²) in [5.41, 5.74) is 4.86. The zero-order chi connectivity index (χ0) is 21.2. The molecule has 1 aromatic heterocycles. The van der Waals surface area contributed by atoms with Crippen molar-refractivity contribution in [2.24, 2.45) is 5.10 Å². The molecule has 1 aliphatic rings. The first-order valence-electron chi connectivity index (χ1n) is 10.5. The van der Waals surface area contributed by atoms with E-state index >= 15 is 0 Å². The van der Waals surface area contributed by atoms with E-state index in [0.717, 1.165) is 42.9 Å². The number of rotatable bonds is 9. The van der Waals surface area contributed by atoms with Gasteiger partial charge in [0.15, 0.2) is 11.0 Å². The normalized spacial score (nSPS) is 15.2. The molecular formula is C22H30N6OS. The van der Waals surface area contributed by atoms with E-state index < -0.39 is 0 Å². The summed E-state index contributed by atoms with van der Waals surface area (Å²) < 4.78 is 1.98. The van der Waals surface area contributed by atoms with Crippen LogP contribution in [0.25, 0.3) is 0 Å². The molecule has 8 heteroatoms. The van der Waals surface area contributed by atoms with Gasteiger partial charge in [0, 0.05) is 17.9 Å². The first-order chi connectivity index (χ1) is 14.7. The maximum atomic E-state index is 12.5. The van der Waals surface area contributed by atoms with E-state index in [0.29, 0.717) is 18.2 Å². The van der Waals surface area contributed by atoms with Crippen LogP contribution in [-0.2, 0) is 17.9 Å². The number of nitrogens with one attached hydrogen (secondary N) is 2. The highest BCUT2D eigenvalue weighted by Gasteiger charge is 2.20. The Morgan fingerprint density at radius 3 is 2.67 bits per heavy atom. The van der Waals surface area contributed by atoms with E-state index in [4.69, 9.17) is 0 Å². The van der Waals surface area contributed by atoms with Gasteiger partial charge in [0.05, 0.1) is 11.8 Å². The Hall–Kier alpha value is -2.61. The van der Waals surface area contributed by atoms with Gasteiger partial charge in [-0.15, -0.1) is 16.8 Å². The lowest BCUT2D eigenvalue weighted by atomic mass is 10.2. The van der Waals surface area contributed by atoms with Crippen LogP contribution in [0.15, 0.2) is 53.2 Å². The fraction of sp³-hybridized carbons (Fsp3) is 0.455. The fourth-order valence-corrected chi connectivity index (χ4v) is 4.14. The molecule has 30 heavy (non-hydrogen) atoms. The summed E-state index contributed by atoms with van der Waals surface area (Å²) in [6.07, 6.45) is 8.58. The Morgan fingerprint density at radius 2 is 1.97 bits per heavy atom. The molecule has 1 aromatic carbocycles. The number of benzene rings is 1. The molecule has 0 bridgehead atoms. The van der Waals surface area contributed by atoms with E-state index in [9.17, 15) is 4.79 Å². The predicted molar refractivity (Wildman–Crippen MR) is 123 cm³/mol. The number of hydrazone groups is 1. The summed E-state index contributed by atoms with van der Waals surface area (Å²) in [6.45, 7) is 6.82. The van der Waals surface area contributed by atoms with Gasteiger partial charge in [-0.3, -0.25) is 4.79 Å². The molecule has 3 rings (SSSR count). The lowest BCUT2D eigenvalue weighted by Gasteiger charge is -2.12. The Labute approximate surface area is 182 Å². The van der Waals surface area contributed by atoms with Crippen LogP contribution in [0.1, 0.15) is 51.3 Å². The zero-order valence-electron chi connectivity index (χ0n) is 17.5. The van der Waals surface area contributed by atoms with Crippen LogP contribution in [0.5, 0.6) is 0 Å². The van der Waals surface area contributed by atoms with Crippen molar-refractivity contribution in [2.45, 2.75) is 68.9 Å². The quantitative estimate of drug-likeness (QED) is 0.269. The topological polar surface area (TPSA) is 84.2 Å². The number of para-hydroxylation sites is 1. The maximum absolute atomic E-state index is 12.5. The van der Waals surface area contributed by atoms with Gasteiger partial charge in [-0.05, 0) is 44.7 Å². The van der Waals surface area contributed by atoms with Crippen LogP contribution in [0, 0.1) is 0 Å². The summed E-state index contributed by atoms with van der Waals surface area (Å²) >= 11 is 1.38. The van der Waals surface area contributed by atoms with Gasteiger partial charge in [-0.2, -0.15) is 5.10 Å². The molecule has 1 atom stereocenters. The van der Waals surface area contributed by atoms with Crippen molar-refractivity contribution in [1.29, 1.82) is 0 Å². The van der Waals surface area contributed by atoms with Crippen molar-refractivity contribution in [3.8, 4) is 0 Å². The average Bonchev–Trinajstić information content (AvgIpc) is 2.96. The molecule has 0 radical (unpaired) electrons. The molecule has 2 N–H and O–H groups in total. The molecule has 1 unspecified atom stereocenters. The summed E-state index contributed by atoms with van der Waals surface area (Å²) in [5, 5.41) is 16.7. The average molecular weight is 427 g/mol. The van der Waals surface area contributed by atoms with Crippen molar-refractivity contribution in [3.63, 3.8) is 0 Å². The van der Waals surface area contributed by atoms with Gasteiger partial charge in [0.1, 0.15) is 0 Å². The minimum atomic E-state index is -0.331. The third-order valence-corrected chi connectivity index (χ3v) is 6.07.